The number of hydrogen-bond donors (Lipinski definition) is 1. The standard InChI is InChI=1S/C18H15Cl2NO4/c1-24-16-8-7-13(19)10-15(16)21-17(22)11-25-18(23)9-6-12-4-2-3-5-14(12)20/h2-10H,11H2,1H3,(H,21,22)/b9-6+. The molecule has 1 amide bonds. The van der Waals surface area contributed by atoms with Crippen molar-refractivity contribution in [1.82, 2.24) is 0 Å². The molecular formula is C18H15Cl2NO4. The molecule has 0 aliphatic rings. The van der Waals surface area contributed by atoms with Crippen LogP contribution in [0.4, 0.5) is 5.69 Å². The number of halogens is 2. The van der Waals surface area contributed by atoms with Crippen LogP contribution in [-0.4, -0.2) is 25.6 Å². The molecule has 0 unspecified atom stereocenters. The minimum Gasteiger partial charge on any atom is -0.495 e. The number of carbonyl (C=O) groups is 2. The quantitative estimate of drug-likeness (QED) is 0.603. The van der Waals surface area contributed by atoms with Gasteiger partial charge >= 0.3 is 5.97 Å². The van der Waals surface area contributed by atoms with E-state index < -0.39 is 18.5 Å². The van der Waals surface area contributed by atoms with Gasteiger partial charge in [-0.15, -0.1) is 0 Å². The molecule has 5 nitrogen and oxygen atoms in total. The van der Waals surface area contributed by atoms with Crippen LogP contribution < -0.4 is 10.1 Å². The third kappa shape index (κ3) is 5.81. The van der Waals surface area contributed by atoms with Gasteiger partial charge in [-0.1, -0.05) is 41.4 Å². The van der Waals surface area contributed by atoms with E-state index in [4.69, 9.17) is 32.7 Å². The van der Waals surface area contributed by atoms with Gasteiger partial charge in [-0.05, 0) is 35.9 Å². The van der Waals surface area contributed by atoms with Gasteiger partial charge in [0, 0.05) is 16.1 Å². The third-order valence-electron chi connectivity index (χ3n) is 3.09. The van der Waals surface area contributed by atoms with Crippen LogP contribution in [0.1, 0.15) is 5.56 Å². The van der Waals surface area contributed by atoms with Gasteiger partial charge in [-0.2, -0.15) is 0 Å². The van der Waals surface area contributed by atoms with Gasteiger partial charge in [0.1, 0.15) is 5.75 Å². The monoisotopic (exact) mass is 379 g/mol. The second-order valence-corrected chi connectivity index (χ2v) is 5.70. The van der Waals surface area contributed by atoms with Crippen LogP contribution in [0.25, 0.3) is 6.08 Å². The molecule has 0 spiro atoms. The molecule has 0 atom stereocenters. The van der Waals surface area contributed by atoms with Crippen LogP contribution in [-0.2, 0) is 14.3 Å². The van der Waals surface area contributed by atoms with Crippen LogP contribution >= 0.6 is 23.2 Å². The molecule has 0 radical (unpaired) electrons. The van der Waals surface area contributed by atoms with E-state index in [1.165, 1.54) is 25.3 Å². The lowest BCUT2D eigenvalue weighted by Gasteiger charge is -2.10. The van der Waals surface area contributed by atoms with Gasteiger partial charge in [-0.25, -0.2) is 4.79 Å². The maximum absolute atomic E-state index is 11.9. The first-order chi connectivity index (χ1) is 12.0. The van der Waals surface area contributed by atoms with E-state index in [1.54, 1.807) is 36.4 Å². The second kappa shape index (κ2) is 9.11. The molecule has 1 N–H and O–H groups in total. The lowest BCUT2D eigenvalue weighted by molar-refractivity contribution is -0.142. The Morgan fingerprint density at radius 2 is 1.92 bits per heavy atom. The summed E-state index contributed by atoms with van der Waals surface area (Å²) in [7, 11) is 1.47. The van der Waals surface area contributed by atoms with Crippen molar-refractivity contribution in [1.29, 1.82) is 0 Å². The maximum Gasteiger partial charge on any atom is 0.331 e. The van der Waals surface area contributed by atoms with Crippen molar-refractivity contribution in [3.8, 4) is 5.75 Å². The average molecular weight is 380 g/mol. The number of nitrogens with one attached hydrogen (secondary N) is 1. The summed E-state index contributed by atoms with van der Waals surface area (Å²) < 4.78 is 10.0. The number of methoxy groups -OCH3 is 1. The fourth-order valence-corrected chi connectivity index (χ4v) is 2.29. The van der Waals surface area contributed by atoms with Crippen LogP contribution in [0.5, 0.6) is 5.75 Å². The zero-order valence-electron chi connectivity index (χ0n) is 13.3. The smallest absolute Gasteiger partial charge is 0.331 e. The van der Waals surface area contributed by atoms with E-state index in [2.05, 4.69) is 5.32 Å². The number of esters is 1. The van der Waals surface area contributed by atoms with Crippen molar-refractivity contribution in [3.05, 3.63) is 64.1 Å². The molecule has 0 aliphatic heterocycles. The Kier molecular flexibility index (Phi) is 6.86. The highest BCUT2D eigenvalue weighted by molar-refractivity contribution is 6.32. The molecule has 130 valence electrons. The van der Waals surface area contributed by atoms with Crippen molar-refractivity contribution < 1.29 is 19.1 Å². The van der Waals surface area contributed by atoms with E-state index in [9.17, 15) is 9.59 Å². The fraction of sp³-hybridized carbons (Fsp3) is 0.111. The Hall–Kier alpha value is -2.50. The summed E-state index contributed by atoms with van der Waals surface area (Å²) in [5.74, 6) is -0.726. The largest absolute Gasteiger partial charge is 0.495 e. The Morgan fingerprint density at radius 3 is 2.64 bits per heavy atom. The molecule has 0 aliphatic carbocycles. The van der Waals surface area contributed by atoms with Crippen molar-refractivity contribution in [2.24, 2.45) is 0 Å². The molecule has 7 heteroatoms. The highest BCUT2D eigenvalue weighted by Crippen LogP contribution is 2.27. The molecule has 0 heterocycles. The Bertz CT molecular complexity index is 805. The molecular weight excluding hydrogens is 365 g/mol. The first kappa shape index (κ1) is 18.8. The first-order valence-electron chi connectivity index (χ1n) is 7.22. The number of rotatable bonds is 6. The number of carbonyl (C=O) groups excluding carboxylic acids is 2. The van der Waals surface area contributed by atoms with Gasteiger partial charge < -0.3 is 14.8 Å². The Morgan fingerprint density at radius 1 is 1.16 bits per heavy atom. The molecule has 0 saturated carbocycles. The van der Waals surface area contributed by atoms with E-state index in [1.807, 2.05) is 0 Å². The zero-order valence-corrected chi connectivity index (χ0v) is 14.8. The van der Waals surface area contributed by atoms with Gasteiger partial charge in [0.2, 0.25) is 0 Å². The number of benzene rings is 2. The fourth-order valence-electron chi connectivity index (χ4n) is 1.92. The Balaban J connectivity index is 1.89. The van der Waals surface area contributed by atoms with Crippen molar-refractivity contribution in [3.63, 3.8) is 0 Å². The summed E-state index contributed by atoms with van der Waals surface area (Å²) in [6.07, 6.45) is 2.72. The van der Waals surface area contributed by atoms with Crippen LogP contribution in [0.3, 0.4) is 0 Å². The zero-order chi connectivity index (χ0) is 18.2. The minimum absolute atomic E-state index is 0.391. The average Bonchev–Trinajstić information content (AvgIpc) is 2.59. The van der Waals surface area contributed by atoms with Crippen molar-refractivity contribution >= 4 is 46.8 Å². The lowest BCUT2D eigenvalue weighted by Crippen LogP contribution is -2.20. The predicted molar refractivity (Wildman–Crippen MR) is 98.1 cm³/mol. The third-order valence-corrected chi connectivity index (χ3v) is 3.66. The normalized spacial score (nSPS) is 10.5. The van der Waals surface area contributed by atoms with Crippen molar-refractivity contribution in [2.75, 3.05) is 19.0 Å². The topological polar surface area (TPSA) is 64.6 Å². The SMILES string of the molecule is COc1ccc(Cl)cc1NC(=O)COC(=O)/C=C/c1ccccc1Cl. The summed E-state index contributed by atoms with van der Waals surface area (Å²) in [5.41, 5.74) is 1.07. The summed E-state index contributed by atoms with van der Waals surface area (Å²) in [6, 6.07) is 11.8. The Labute approximate surface area is 155 Å². The number of hydrogen-bond acceptors (Lipinski definition) is 4. The van der Waals surface area contributed by atoms with Crippen molar-refractivity contribution in [2.45, 2.75) is 0 Å². The summed E-state index contributed by atoms with van der Waals surface area (Å²) >= 11 is 11.9. The summed E-state index contributed by atoms with van der Waals surface area (Å²) in [5, 5.41) is 3.52. The van der Waals surface area contributed by atoms with Crippen LogP contribution in [0, 0.1) is 0 Å². The highest BCUT2D eigenvalue weighted by atomic mass is 35.5. The van der Waals surface area contributed by atoms with Crippen LogP contribution in [0.15, 0.2) is 48.5 Å². The molecule has 25 heavy (non-hydrogen) atoms. The summed E-state index contributed by atoms with van der Waals surface area (Å²) in [6.45, 7) is -0.443. The van der Waals surface area contributed by atoms with E-state index >= 15 is 0 Å². The lowest BCUT2D eigenvalue weighted by atomic mass is 10.2. The maximum atomic E-state index is 11.9. The molecule has 0 saturated heterocycles. The molecule has 2 aromatic rings. The molecule has 0 fully saturated rings. The number of amides is 1. The van der Waals surface area contributed by atoms with E-state index in [0.717, 1.165) is 0 Å². The molecule has 0 aromatic heterocycles. The molecule has 2 rings (SSSR count). The minimum atomic E-state index is -0.659. The van der Waals surface area contributed by atoms with E-state index in [0.29, 0.717) is 27.0 Å². The van der Waals surface area contributed by atoms with Gasteiger partial charge in [0.25, 0.3) is 5.91 Å². The van der Waals surface area contributed by atoms with Gasteiger partial charge in [0.05, 0.1) is 12.8 Å². The number of ether oxygens (including phenoxy) is 2. The molecule has 0 bridgehead atoms. The number of anilines is 1. The van der Waals surface area contributed by atoms with Gasteiger partial charge in [0.15, 0.2) is 6.61 Å². The molecule has 2 aromatic carbocycles. The van der Waals surface area contributed by atoms with E-state index in [-0.39, 0.29) is 0 Å². The summed E-state index contributed by atoms with van der Waals surface area (Å²) in [4.78, 5) is 23.6. The second-order valence-electron chi connectivity index (χ2n) is 4.86. The highest BCUT2D eigenvalue weighted by Gasteiger charge is 2.10. The first-order valence-corrected chi connectivity index (χ1v) is 7.98. The van der Waals surface area contributed by atoms with Gasteiger partial charge in [-0.3, -0.25) is 4.79 Å². The van der Waals surface area contributed by atoms with Crippen LogP contribution in [0.2, 0.25) is 10.0 Å². The predicted octanol–water partition coefficient (Wildman–Crippen LogP) is 4.20.